The zero-order chi connectivity index (χ0) is 21.5. The molecule has 6 rings (SSSR count). The molecule has 3 saturated heterocycles. The first-order valence-corrected chi connectivity index (χ1v) is 13.2. The zero-order valence-corrected chi connectivity index (χ0v) is 19.7. The van der Waals surface area contributed by atoms with Crippen LogP contribution < -0.4 is 20.3 Å². The van der Waals surface area contributed by atoms with E-state index in [9.17, 15) is 0 Å². The molecule has 0 unspecified atom stereocenters. The van der Waals surface area contributed by atoms with Gasteiger partial charge in [-0.15, -0.1) is 0 Å². The van der Waals surface area contributed by atoms with E-state index in [1.807, 2.05) is 18.0 Å². The van der Waals surface area contributed by atoms with Gasteiger partial charge in [-0.25, -0.2) is 4.98 Å². The molecular weight excluding hydrogens is 418 g/mol. The summed E-state index contributed by atoms with van der Waals surface area (Å²) in [4.78, 5) is 9.87. The van der Waals surface area contributed by atoms with Crippen molar-refractivity contribution >= 4 is 29.0 Å². The summed E-state index contributed by atoms with van der Waals surface area (Å²) in [7, 11) is 0. The second kappa shape index (κ2) is 8.76. The smallest absolute Gasteiger partial charge is 0.146 e. The number of fused-ring (bicyclic) bond motifs is 2. The maximum Gasteiger partial charge on any atom is 0.146 e. The van der Waals surface area contributed by atoms with Crippen LogP contribution in [0.4, 0.5) is 17.2 Å². The first kappa shape index (κ1) is 20.6. The third-order valence-corrected chi connectivity index (χ3v) is 8.51. The van der Waals surface area contributed by atoms with Crippen molar-refractivity contribution in [2.75, 3.05) is 61.0 Å². The lowest BCUT2D eigenvalue weighted by atomic mass is 9.87. The number of hydrogen-bond acceptors (Lipinski definition) is 7. The molecule has 7 heteroatoms. The summed E-state index contributed by atoms with van der Waals surface area (Å²) in [6.45, 7) is 9.67. The van der Waals surface area contributed by atoms with E-state index in [1.165, 1.54) is 59.8 Å². The standard InChI is InChI=1S/C25H33N5OS/c1-17-12-19(18-3-6-29(7-4-18)20-14-26-15-20)13-22-24(17)31-16-21-23(2-5-27-25(21)28-22)30-8-10-32-11-9-30/h2,5,12-13,18,20,26H,3-4,6-11,14-16H2,1H3,(H,27,28). The van der Waals surface area contributed by atoms with Crippen molar-refractivity contribution in [1.29, 1.82) is 0 Å². The van der Waals surface area contributed by atoms with Crippen LogP contribution in [0.25, 0.3) is 0 Å². The average molecular weight is 452 g/mol. The van der Waals surface area contributed by atoms with Gasteiger partial charge in [0.25, 0.3) is 0 Å². The highest BCUT2D eigenvalue weighted by Crippen LogP contribution is 2.42. The molecule has 1 aromatic carbocycles. The van der Waals surface area contributed by atoms with Crippen molar-refractivity contribution in [3.8, 4) is 5.75 Å². The average Bonchev–Trinajstić information content (AvgIpc) is 2.98. The number of hydrogen-bond donors (Lipinski definition) is 2. The van der Waals surface area contributed by atoms with Crippen LogP contribution in [0.15, 0.2) is 24.4 Å². The molecule has 0 amide bonds. The molecule has 0 atom stereocenters. The van der Waals surface area contributed by atoms with E-state index in [0.717, 1.165) is 49.5 Å². The third-order valence-electron chi connectivity index (χ3n) is 7.57. The number of ether oxygens (including phenoxy) is 1. The Kier molecular flexibility index (Phi) is 5.65. The molecule has 0 spiro atoms. The molecule has 32 heavy (non-hydrogen) atoms. The predicted octanol–water partition coefficient (Wildman–Crippen LogP) is 3.73. The fraction of sp³-hybridized carbons (Fsp3) is 0.560. The SMILES string of the molecule is Cc1cc(C2CCN(C3CNC3)CC2)cc2c1OCc1c(N3CCSCC3)ccnc1N2. The molecule has 3 fully saturated rings. The van der Waals surface area contributed by atoms with Crippen LogP contribution in [0, 0.1) is 6.92 Å². The van der Waals surface area contributed by atoms with Crippen LogP contribution in [0.3, 0.4) is 0 Å². The Morgan fingerprint density at radius 3 is 2.66 bits per heavy atom. The van der Waals surface area contributed by atoms with Crippen LogP contribution in [0.1, 0.15) is 35.4 Å². The van der Waals surface area contributed by atoms with Gasteiger partial charge in [0.05, 0.1) is 11.3 Å². The maximum atomic E-state index is 6.40. The first-order valence-electron chi connectivity index (χ1n) is 12.1. The van der Waals surface area contributed by atoms with Gasteiger partial charge >= 0.3 is 0 Å². The van der Waals surface area contributed by atoms with Crippen LogP contribution >= 0.6 is 11.8 Å². The number of nitrogens with zero attached hydrogens (tertiary/aromatic N) is 3. The predicted molar refractivity (Wildman–Crippen MR) is 133 cm³/mol. The molecule has 2 aromatic rings. The molecule has 5 heterocycles. The Balaban J connectivity index is 1.25. The van der Waals surface area contributed by atoms with E-state index in [2.05, 4.69) is 45.6 Å². The fourth-order valence-corrected chi connectivity index (χ4v) is 6.46. The van der Waals surface area contributed by atoms with Crippen LogP contribution in [0.2, 0.25) is 0 Å². The van der Waals surface area contributed by atoms with Crippen molar-refractivity contribution in [2.24, 2.45) is 0 Å². The van der Waals surface area contributed by atoms with Crippen molar-refractivity contribution < 1.29 is 4.74 Å². The van der Waals surface area contributed by atoms with Gasteiger partial charge in [0.1, 0.15) is 18.2 Å². The van der Waals surface area contributed by atoms with Crippen LogP contribution in [-0.2, 0) is 6.61 Å². The number of aromatic nitrogens is 1. The summed E-state index contributed by atoms with van der Waals surface area (Å²) < 4.78 is 6.40. The van der Waals surface area contributed by atoms with Crippen LogP contribution in [0.5, 0.6) is 5.75 Å². The van der Waals surface area contributed by atoms with E-state index in [4.69, 9.17) is 9.72 Å². The Labute approximate surface area is 195 Å². The van der Waals surface area contributed by atoms with E-state index in [0.29, 0.717) is 12.5 Å². The molecule has 0 aliphatic carbocycles. The summed E-state index contributed by atoms with van der Waals surface area (Å²) in [6.07, 6.45) is 4.42. The second-order valence-electron chi connectivity index (χ2n) is 9.51. The third kappa shape index (κ3) is 3.84. The highest BCUT2D eigenvalue weighted by atomic mass is 32.2. The lowest BCUT2D eigenvalue weighted by Crippen LogP contribution is -2.58. The van der Waals surface area contributed by atoms with Gasteiger partial charge in [0.15, 0.2) is 0 Å². The zero-order valence-electron chi connectivity index (χ0n) is 18.9. The van der Waals surface area contributed by atoms with Crippen molar-refractivity contribution in [1.82, 2.24) is 15.2 Å². The minimum absolute atomic E-state index is 0.566. The summed E-state index contributed by atoms with van der Waals surface area (Å²) in [5.41, 5.74) is 6.18. The molecule has 6 nitrogen and oxygen atoms in total. The largest absolute Gasteiger partial charge is 0.486 e. The maximum absolute atomic E-state index is 6.40. The quantitative estimate of drug-likeness (QED) is 0.737. The number of nitrogens with one attached hydrogen (secondary N) is 2. The highest BCUT2D eigenvalue weighted by Gasteiger charge is 2.30. The van der Waals surface area contributed by atoms with Gasteiger partial charge in [-0.1, -0.05) is 6.07 Å². The van der Waals surface area contributed by atoms with Gasteiger partial charge in [-0.3, -0.25) is 4.90 Å². The number of benzene rings is 1. The van der Waals surface area contributed by atoms with Crippen molar-refractivity contribution in [3.63, 3.8) is 0 Å². The summed E-state index contributed by atoms with van der Waals surface area (Å²) in [5.74, 6) is 4.92. The molecule has 0 radical (unpaired) electrons. The number of pyridine rings is 1. The summed E-state index contributed by atoms with van der Waals surface area (Å²) >= 11 is 2.04. The topological polar surface area (TPSA) is 52.7 Å². The number of anilines is 3. The minimum atomic E-state index is 0.566. The summed E-state index contributed by atoms with van der Waals surface area (Å²) in [5, 5.41) is 7.07. The Bertz CT molecular complexity index is 981. The number of rotatable bonds is 3. The van der Waals surface area contributed by atoms with E-state index in [1.54, 1.807) is 0 Å². The Morgan fingerprint density at radius 2 is 1.91 bits per heavy atom. The molecule has 4 aliphatic rings. The molecule has 0 saturated carbocycles. The Hall–Kier alpha value is -1.96. The number of aryl methyl sites for hydroxylation is 1. The van der Waals surface area contributed by atoms with E-state index in [-0.39, 0.29) is 0 Å². The number of thioether (sulfide) groups is 1. The number of likely N-dealkylation sites (tertiary alicyclic amines) is 1. The summed E-state index contributed by atoms with van der Waals surface area (Å²) in [6, 6.07) is 7.60. The van der Waals surface area contributed by atoms with Gasteiger partial charge in [-0.05, 0) is 62.0 Å². The molecule has 2 N–H and O–H groups in total. The van der Waals surface area contributed by atoms with Gasteiger partial charge < -0.3 is 20.3 Å². The molecule has 170 valence electrons. The van der Waals surface area contributed by atoms with Gasteiger partial charge in [0.2, 0.25) is 0 Å². The Morgan fingerprint density at radius 1 is 1.09 bits per heavy atom. The number of piperidine rings is 1. The molecular formula is C25H33N5OS. The van der Waals surface area contributed by atoms with Crippen LogP contribution in [-0.4, -0.2) is 66.7 Å². The monoisotopic (exact) mass is 451 g/mol. The highest BCUT2D eigenvalue weighted by molar-refractivity contribution is 7.99. The lowest BCUT2D eigenvalue weighted by Gasteiger charge is -2.42. The van der Waals surface area contributed by atoms with Crippen molar-refractivity contribution in [2.45, 2.75) is 38.3 Å². The minimum Gasteiger partial charge on any atom is -0.486 e. The fourth-order valence-electron chi connectivity index (χ4n) is 5.56. The van der Waals surface area contributed by atoms with Gasteiger partial charge in [0, 0.05) is 55.6 Å². The molecule has 0 bridgehead atoms. The van der Waals surface area contributed by atoms with Gasteiger partial charge in [-0.2, -0.15) is 11.8 Å². The molecule has 4 aliphatic heterocycles. The van der Waals surface area contributed by atoms with E-state index >= 15 is 0 Å². The first-order chi connectivity index (χ1) is 15.8. The lowest BCUT2D eigenvalue weighted by molar-refractivity contribution is 0.113. The molecule has 1 aromatic heterocycles. The normalized spacial score (nSPS) is 22.2. The van der Waals surface area contributed by atoms with E-state index < -0.39 is 0 Å². The second-order valence-corrected chi connectivity index (χ2v) is 10.7. The van der Waals surface area contributed by atoms with Crippen molar-refractivity contribution in [3.05, 3.63) is 41.1 Å².